The van der Waals surface area contributed by atoms with Gasteiger partial charge in [0.25, 0.3) is 5.91 Å². The topological polar surface area (TPSA) is 40.5 Å². The van der Waals surface area contributed by atoms with E-state index in [9.17, 15) is 9.90 Å². The molecule has 1 amide bonds. The molecule has 0 radical (unpaired) electrons. The Bertz CT molecular complexity index is 476. The summed E-state index contributed by atoms with van der Waals surface area (Å²) in [5.41, 5.74) is -0.264. The molecule has 0 bridgehead atoms. The SMILES string of the molecule is CSc1ccc(Cl)c(C(=O)N2CCC(C)(O)C2)c1. The van der Waals surface area contributed by atoms with Gasteiger partial charge in [0.15, 0.2) is 0 Å². The van der Waals surface area contributed by atoms with Gasteiger partial charge in [0, 0.05) is 18.0 Å². The molecule has 1 atom stereocenters. The fraction of sp³-hybridized carbons (Fsp3) is 0.462. The Morgan fingerprint density at radius 2 is 2.28 bits per heavy atom. The van der Waals surface area contributed by atoms with E-state index in [0.29, 0.717) is 30.1 Å². The number of rotatable bonds is 2. The Morgan fingerprint density at radius 3 is 2.83 bits per heavy atom. The highest BCUT2D eigenvalue weighted by atomic mass is 35.5. The lowest BCUT2D eigenvalue weighted by atomic mass is 10.1. The van der Waals surface area contributed by atoms with Crippen LogP contribution in [0.15, 0.2) is 23.1 Å². The summed E-state index contributed by atoms with van der Waals surface area (Å²) in [7, 11) is 0. The molecule has 2 rings (SSSR count). The van der Waals surface area contributed by atoms with Crippen LogP contribution >= 0.6 is 23.4 Å². The Morgan fingerprint density at radius 1 is 1.56 bits per heavy atom. The molecule has 1 aromatic rings. The predicted molar refractivity (Wildman–Crippen MR) is 74.4 cm³/mol. The maximum atomic E-state index is 12.3. The van der Waals surface area contributed by atoms with Crippen molar-refractivity contribution in [3.05, 3.63) is 28.8 Å². The van der Waals surface area contributed by atoms with Gasteiger partial charge in [-0.2, -0.15) is 0 Å². The molecule has 18 heavy (non-hydrogen) atoms. The Hall–Kier alpha value is -0.710. The lowest BCUT2D eigenvalue weighted by Crippen LogP contribution is -2.34. The van der Waals surface area contributed by atoms with E-state index in [2.05, 4.69) is 0 Å². The van der Waals surface area contributed by atoms with Crippen molar-refractivity contribution in [2.45, 2.75) is 23.8 Å². The molecule has 0 aliphatic carbocycles. The first-order valence-electron chi connectivity index (χ1n) is 5.78. The van der Waals surface area contributed by atoms with E-state index in [1.54, 1.807) is 29.7 Å². The second-order valence-electron chi connectivity index (χ2n) is 4.82. The third-order valence-electron chi connectivity index (χ3n) is 3.14. The van der Waals surface area contributed by atoms with Gasteiger partial charge in [0.1, 0.15) is 0 Å². The summed E-state index contributed by atoms with van der Waals surface area (Å²) < 4.78 is 0. The molecule has 1 fully saturated rings. The lowest BCUT2D eigenvalue weighted by Gasteiger charge is -2.19. The lowest BCUT2D eigenvalue weighted by molar-refractivity contribution is 0.0572. The molecule has 0 saturated carbocycles. The average molecular weight is 286 g/mol. The fourth-order valence-corrected chi connectivity index (χ4v) is 2.72. The van der Waals surface area contributed by atoms with E-state index in [4.69, 9.17) is 11.6 Å². The van der Waals surface area contributed by atoms with Crippen molar-refractivity contribution in [1.29, 1.82) is 0 Å². The van der Waals surface area contributed by atoms with Crippen molar-refractivity contribution >= 4 is 29.3 Å². The van der Waals surface area contributed by atoms with Crippen LogP contribution in [0.25, 0.3) is 0 Å². The van der Waals surface area contributed by atoms with Crippen LogP contribution in [0.5, 0.6) is 0 Å². The first-order valence-corrected chi connectivity index (χ1v) is 7.38. The van der Waals surface area contributed by atoms with Crippen LogP contribution < -0.4 is 0 Å². The van der Waals surface area contributed by atoms with Crippen LogP contribution in [0.3, 0.4) is 0 Å². The summed E-state index contributed by atoms with van der Waals surface area (Å²) in [6, 6.07) is 5.45. The van der Waals surface area contributed by atoms with Gasteiger partial charge in [-0.05, 0) is 37.8 Å². The van der Waals surface area contributed by atoms with Gasteiger partial charge in [-0.3, -0.25) is 4.79 Å². The summed E-state index contributed by atoms with van der Waals surface area (Å²) in [5.74, 6) is -0.103. The second kappa shape index (κ2) is 5.11. The number of hydrogen-bond donors (Lipinski definition) is 1. The van der Waals surface area contributed by atoms with Crippen LogP contribution in [-0.2, 0) is 0 Å². The molecule has 98 valence electrons. The summed E-state index contributed by atoms with van der Waals surface area (Å²) in [5, 5.41) is 10.4. The van der Waals surface area contributed by atoms with Gasteiger partial charge in [-0.1, -0.05) is 11.6 Å². The van der Waals surface area contributed by atoms with Crippen LogP contribution in [0, 0.1) is 0 Å². The average Bonchev–Trinajstić information content (AvgIpc) is 2.69. The highest BCUT2D eigenvalue weighted by molar-refractivity contribution is 7.98. The summed E-state index contributed by atoms with van der Waals surface area (Å²) in [6.45, 7) is 2.69. The quantitative estimate of drug-likeness (QED) is 0.850. The largest absolute Gasteiger partial charge is 0.388 e. The number of aliphatic hydroxyl groups is 1. The van der Waals surface area contributed by atoms with E-state index in [-0.39, 0.29) is 5.91 Å². The molecule has 5 heteroatoms. The Balaban J connectivity index is 2.24. The first kappa shape index (κ1) is 13.7. The molecular weight excluding hydrogens is 270 g/mol. The second-order valence-corrected chi connectivity index (χ2v) is 6.11. The number of benzene rings is 1. The molecule has 1 aromatic carbocycles. The van der Waals surface area contributed by atoms with Crippen LogP contribution in [0.4, 0.5) is 0 Å². The predicted octanol–water partition coefficient (Wildman–Crippen LogP) is 2.66. The van der Waals surface area contributed by atoms with Gasteiger partial charge < -0.3 is 10.0 Å². The minimum Gasteiger partial charge on any atom is -0.388 e. The van der Waals surface area contributed by atoms with Gasteiger partial charge in [0.2, 0.25) is 0 Å². The number of thioether (sulfide) groups is 1. The number of amides is 1. The van der Waals surface area contributed by atoms with Gasteiger partial charge in [0.05, 0.1) is 16.2 Å². The molecule has 1 aliphatic rings. The first-order chi connectivity index (χ1) is 8.43. The molecule has 1 saturated heterocycles. The van der Waals surface area contributed by atoms with Crippen LogP contribution in [-0.4, -0.2) is 40.9 Å². The highest BCUT2D eigenvalue weighted by Crippen LogP contribution is 2.27. The van der Waals surface area contributed by atoms with Crippen molar-refractivity contribution in [1.82, 2.24) is 4.90 Å². The van der Waals surface area contributed by atoms with Crippen LogP contribution in [0.1, 0.15) is 23.7 Å². The maximum absolute atomic E-state index is 12.3. The summed E-state index contributed by atoms with van der Waals surface area (Å²) >= 11 is 7.65. The molecule has 1 N–H and O–H groups in total. The Kier molecular flexibility index (Phi) is 3.90. The van der Waals surface area contributed by atoms with Crippen molar-refractivity contribution in [3.8, 4) is 0 Å². The molecule has 3 nitrogen and oxygen atoms in total. The fourth-order valence-electron chi connectivity index (χ4n) is 2.08. The van der Waals surface area contributed by atoms with Gasteiger partial charge in [-0.25, -0.2) is 0 Å². The van der Waals surface area contributed by atoms with E-state index >= 15 is 0 Å². The zero-order valence-electron chi connectivity index (χ0n) is 10.4. The molecule has 1 heterocycles. The maximum Gasteiger partial charge on any atom is 0.255 e. The number of likely N-dealkylation sites (tertiary alicyclic amines) is 1. The molecule has 1 unspecified atom stereocenters. The van der Waals surface area contributed by atoms with Gasteiger partial charge >= 0.3 is 0 Å². The van der Waals surface area contributed by atoms with Crippen molar-refractivity contribution in [2.24, 2.45) is 0 Å². The minimum absolute atomic E-state index is 0.103. The zero-order chi connectivity index (χ0) is 13.3. The van der Waals surface area contributed by atoms with Crippen molar-refractivity contribution in [3.63, 3.8) is 0 Å². The highest BCUT2D eigenvalue weighted by Gasteiger charge is 2.34. The number of nitrogens with zero attached hydrogens (tertiary/aromatic N) is 1. The standard InChI is InChI=1S/C13H16ClNO2S/c1-13(17)5-6-15(8-13)12(16)10-7-9(18-2)3-4-11(10)14/h3-4,7,17H,5-6,8H2,1-2H3. The Labute approximate surface area is 116 Å². The van der Waals surface area contributed by atoms with E-state index in [1.165, 1.54) is 0 Å². The van der Waals surface area contributed by atoms with E-state index < -0.39 is 5.60 Å². The number of carbonyl (C=O) groups is 1. The third-order valence-corrected chi connectivity index (χ3v) is 4.20. The number of β-amino-alcohol motifs (C(OH)–C–C–N with tert-alkyl or cyclic N) is 1. The van der Waals surface area contributed by atoms with E-state index in [1.807, 2.05) is 18.4 Å². The van der Waals surface area contributed by atoms with Crippen molar-refractivity contribution in [2.75, 3.05) is 19.3 Å². The smallest absolute Gasteiger partial charge is 0.255 e. The summed E-state index contributed by atoms with van der Waals surface area (Å²) in [6.07, 6.45) is 2.57. The zero-order valence-corrected chi connectivity index (χ0v) is 12.0. The minimum atomic E-state index is -0.779. The number of carbonyl (C=O) groups excluding carboxylic acids is 1. The molecular formula is C13H16ClNO2S. The van der Waals surface area contributed by atoms with E-state index in [0.717, 1.165) is 4.90 Å². The third kappa shape index (κ3) is 2.82. The number of halogens is 1. The van der Waals surface area contributed by atoms with Crippen molar-refractivity contribution < 1.29 is 9.90 Å². The monoisotopic (exact) mass is 285 g/mol. The molecule has 0 aromatic heterocycles. The summed E-state index contributed by atoms with van der Waals surface area (Å²) in [4.78, 5) is 15.0. The van der Waals surface area contributed by atoms with Gasteiger partial charge in [-0.15, -0.1) is 11.8 Å². The normalized spacial score (nSPS) is 23.4. The molecule has 1 aliphatic heterocycles. The number of hydrogen-bond acceptors (Lipinski definition) is 3. The molecule has 0 spiro atoms. The van der Waals surface area contributed by atoms with Crippen LogP contribution in [0.2, 0.25) is 5.02 Å².